The Morgan fingerprint density at radius 3 is 2.65 bits per heavy atom. The van der Waals surface area contributed by atoms with Crippen LogP contribution in [0.4, 0.5) is 5.69 Å². The standard InChI is InChI=1S/C19H12N2O5/c1-9-13(19(25)21-11-6-2-3-7-12(11)22)14-17(24)15-10(5-4-8-20-15)16(23)18(14)26-9/h2-8,22H,1H3,(H,21,25). The van der Waals surface area contributed by atoms with Crippen molar-refractivity contribution in [1.29, 1.82) is 0 Å². The second-order valence-corrected chi connectivity index (χ2v) is 5.77. The maximum atomic E-state index is 12.8. The third-order valence-corrected chi connectivity index (χ3v) is 4.16. The summed E-state index contributed by atoms with van der Waals surface area (Å²) in [6.45, 7) is 1.50. The molecule has 0 saturated heterocycles. The number of anilines is 1. The maximum Gasteiger partial charge on any atom is 0.260 e. The van der Waals surface area contributed by atoms with E-state index in [1.54, 1.807) is 18.2 Å². The SMILES string of the molecule is Cc1oc2c(c1C(=O)Nc1ccccc1O)C(=O)c1ncccc1C2=O. The summed E-state index contributed by atoms with van der Waals surface area (Å²) in [6.07, 6.45) is 1.41. The van der Waals surface area contributed by atoms with Gasteiger partial charge in [0.2, 0.25) is 11.6 Å². The number of aromatic nitrogens is 1. The van der Waals surface area contributed by atoms with Gasteiger partial charge in [-0.05, 0) is 31.2 Å². The van der Waals surface area contributed by atoms with Crippen LogP contribution in [-0.2, 0) is 0 Å². The van der Waals surface area contributed by atoms with Crippen molar-refractivity contribution in [2.24, 2.45) is 0 Å². The van der Waals surface area contributed by atoms with Gasteiger partial charge in [-0.25, -0.2) is 0 Å². The molecule has 0 unspecified atom stereocenters. The fourth-order valence-electron chi connectivity index (χ4n) is 2.97. The topological polar surface area (TPSA) is 110 Å². The normalized spacial score (nSPS) is 12.5. The fraction of sp³-hybridized carbons (Fsp3) is 0.0526. The van der Waals surface area contributed by atoms with Gasteiger partial charge in [0.05, 0.1) is 22.4 Å². The van der Waals surface area contributed by atoms with Crippen molar-refractivity contribution in [3.63, 3.8) is 0 Å². The number of furan rings is 1. The number of aryl methyl sites for hydroxylation is 1. The molecule has 26 heavy (non-hydrogen) atoms. The van der Waals surface area contributed by atoms with Gasteiger partial charge in [-0.15, -0.1) is 0 Å². The van der Waals surface area contributed by atoms with Crippen molar-refractivity contribution in [2.75, 3.05) is 5.32 Å². The molecule has 2 aromatic heterocycles. The Morgan fingerprint density at radius 2 is 1.88 bits per heavy atom. The van der Waals surface area contributed by atoms with Gasteiger partial charge in [0.1, 0.15) is 17.2 Å². The van der Waals surface area contributed by atoms with Crippen LogP contribution < -0.4 is 5.32 Å². The minimum Gasteiger partial charge on any atom is -0.506 e. The van der Waals surface area contributed by atoms with Crippen LogP contribution in [0, 0.1) is 6.92 Å². The highest BCUT2D eigenvalue weighted by Crippen LogP contribution is 2.33. The second-order valence-electron chi connectivity index (χ2n) is 5.77. The van der Waals surface area contributed by atoms with E-state index < -0.39 is 17.5 Å². The molecule has 1 amide bonds. The Labute approximate surface area is 147 Å². The lowest BCUT2D eigenvalue weighted by Crippen LogP contribution is -2.24. The molecule has 4 rings (SSSR count). The van der Waals surface area contributed by atoms with Crippen molar-refractivity contribution < 1.29 is 23.9 Å². The molecule has 7 nitrogen and oxygen atoms in total. The highest BCUT2D eigenvalue weighted by atomic mass is 16.4. The number of ketones is 2. The number of amides is 1. The number of phenolic OH excluding ortho intramolecular Hbond substituents is 1. The Kier molecular flexibility index (Phi) is 3.43. The first-order valence-corrected chi connectivity index (χ1v) is 7.76. The molecule has 2 heterocycles. The van der Waals surface area contributed by atoms with E-state index in [1.165, 1.54) is 31.3 Å². The highest BCUT2D eigenvalue weighted by molar-refractivity contribution is 6.30. The predicted molar refractivity (Wildman–Crippen MR) is 90.6 cm³/mol. The van der Waals surface area contributed by atoms with E-state index in [1.807, 2.05) is 0 Å². The first-order chi connectivity index (χ1) is 12.5. The number of carbonyl (C=O) groups is 3. The molecule has 3 aromatic rings. The summed E-state index contributed by atoms with van der Waals surface area (Å²) >= 11 is 0. The van der Waals surface area contributed by atoms with E-state index >= 15 is 0 Å². The number of hydrogen-bond donors (Lipinski definition) is 2. The number of aromatic hydroxyl groups is 1. The lowest BCUT2D eigenvalue weighted by atomic mass is 9.89. The number of pyridine rings is 1. The molecule has 0 radical (unpaired) electrons. The summed E-state index contributed by atoms with van der Waals surface area (Å²) in [5.41, 5.74) is 0.165. The number of para-hydroxylation sites is 2. The Morgan fingerprint density at radius 1 is 1.12 bits per heavy atom. The van der Waals surface area contributed by atoms with E-state index in [0.29, 0.717) is 0 Å². The van der Waals surface area contributed by atoms with Crippen LogP contribution in [0.15, 0.2) is 47.0 Å². The van der Waals surface area contributed by atoms with Crippen LogP contribution in [-0.4, -0.2) is 27.6 Å². The van der Waals surface area contributed by atoms with E-state index in [9.17, 15) is 19.5 Å². The molecule has 0 bridgehead atoms. The van der Waals surface area contributed by atoms with E-state index in [4.69, 9.17) is 4.42 Å². The number of hydrogen-bond acceptors (Lipinski definition) is 6. The number of nitrogens with one attached hydrogen (secondary N) is 1. The van der Waals surface area contributed by atoms with Gasteiger partial charge in [-0.3, -0.25) is 19.4 Å². The smallest absolute Gasteiger partial charge is 0.260 e. The van der Waals surface area contributed by atoms with Crippen LogP contribution in [0.3, 0.4) is 0 Å². The van der Waals surface area contributed by atoms with Crippen molar-refractivity contribution in [3.05, 3.63) is 76.5 Å². The maximum absolute atomic E-state index is 12.8. The van der Waals surface area contributed by atoms with Gasteiger partial charge < -0.3 is 14.8 Å². The first-order valence-electron chi connectivity index (χ1n) is 7.76. The zero-order chi connectivity index (χ0) is 18.4. The van der Waals surface area contributed by atoms with Crippen LogP contribution in [0.5, 0.6) is 5.75 Å². The molecule has 128 valence electrons. The van der Waals surface area contributed by atoms with Crippen LogP contribution >= 0.6 is 0 Å². The van der Waals surface area contributed by atoms with Gasteiger partial charge in [-0.2, -0.15) is 0 Å². The zero-order valence-electron chi connectivity index (χ0n) is 13.6. The number of carbonyl (C=O) groups excluding carboxylic acids is 3. The van der Waals surface area contributed by atoms with Crippen molar-refractivity contribution in [1.82, 2.24) is 4.98 Å². The number of fused-ring (bicyclic) bond motifs is 2. The van der Waals surface area contributed by atoms with Crippen molar-refractivity contribution >= 4 is 23.2 Å². The predicted octanol–water partition coefficient (Wildman–Crippen LogP) is 2.72. The summed E-state index contributed by atoms with van der Waals surface area (Å²) in [7, 11) is 0. The highest BCUT2D eigenvalue weighted by Gasteiger charge is 2.39. The molecule has 1 aliphatic carbocycles. The van der Waals surface area contributed by atoms with Crippen LogP contribution in [0.1, 0.15) is 48.3 Å². The third-order valence-electron chi connectivity index (χ3n) is 4.16. The Bertz CT molecular complexity index is 1100. The van der Waals surface area contributed by atoms with Crippen molar-refractivity contribution in [2.45, 2.75) is 6.92 Å². The summed E-state index contributed by atoms with van der Waals surface area (Å²) in [6, 6.07) is 9.23. The third kappa shape index (κ3) is 2.21. The second kappa shape index (κ2) is 5.66. The van der Waals surface area contributed by atoms with E-state index in [0.717, 1.165) is 0 Å². The largest absolute Gasteiger partial charge is 0.506 e. The van der Waals surface area contributed by atoms with Crippen LogP contribution in [0.2, 0.25) is 0 Å². The zero-order valence-corrected chi connectivity index (χ0v) is 13.6. The molecule has 0 spiro atoms. The van der Waals surface area contributed by atoms with Gasteiger partial charge in [0, 0.05) is 6.20 Å². The summed E-state index contributed by atoms with van der Waals surface area (Å²) < 4.78 is 5.44. The minimum absolute atomic E-state index is 0.0117. The average molecular weight is 348 g/mol. The molecular weight excluding hydrogens is 336 g/mol. The Hall–Kier alpha value is -3.74. The van der Waals surface area contributed by atoms with Gasteiger partial charge in [0.25, 0.3) is 5.91 Å². The molecule has 7 heteroatoms. The number of nitrogens with zero attached hydrogens (tertiary/aromatic N) is 1. The molecule has 0 aliphatic heterocycles. The van der Waals surface area contributed by atoms with Gasteiger partial charge >= 0.3 is 0 Å². The Balaban J connectivity index is 1.82. The molecule has 0 atom stereocenters. The number of rotatable bonds is 2. The summed E-state index contributed by atoms with van der Waals surface area (Å²) in [4.78, 5) is 42.1. The van der Waals surface area contributed by atoms with Crippen molar-refractivity contribution in [3.8, 4) is 5.75 Å². The first kappa shape index (κ1) is 15.8. The summed E-state index contributed by atoms with van der Waals surface area (Å²) in [5, 5.41) is 12.3. The van der Waals surface area contributed by atoms with E-state index in [2.05, 4.69) is 10.3 Å². The molecule has 0 fully saturated rings. The van der Waals surface area contributed by atoms with Gasteiger partial charge in [-0.1, -0.05) is 12.1 Å². The minimum atomic E-state index is -0.658. The average Bonchev–Trinajstić information content (AvgIpc) is 2.99. The summed E-state index contributed by atoms with van der Waals surface area (Å²) in [5.74, 6) is -1.85. The molecule has 2 N–H and O–H groups in total. The molecule has 1 aliphatic rings. The molecule has 0 saturated carbocycles. The lowest BCUT2D eigenvalue weighted by molar-refractivity contribution is 0.0953. The quantitative estimate of drug-likeness (QED) is 0.539. The molecule has 1 aromatic carbocycles. The molecular formula is C19H12N2O5. The number of benzene rings is 1. The van der Waals surface area contributed by atoms with E-state index in [-0.39, 0.29) is 45.3 Å². The van der Waals surface area contributed by atoms with Crippen LogP contribution in [0.25, 0.3) is 0 Å². The lowest BCUT2D eigenvalue weighted by Gasteiger charge is -2.13. The fourth-order valence-corrected chi connectivity index (χ4v) is 2.97. The monoisotopic (exact) mass is 348 g/mol. The van der Waals surface area contributed by atoms with Gasteiger partial charge in [0.15, 0.2) is 5.76 Å². The number of phenols is 1.